The number of carbonyl (C=O) groups excluding carboxylic acids is 4. The molecule has 0 aliphatic heterocycles. The molecular formula is C96H94F4N12O4. The summed E-state index contributed by atoms with van der Waals surface area (Å²) in [5.74, 6) is 1.59. The van der Waals surface area contributed by atoms with Crippen molar-refractivity contribution >= 4 is 46.9 Å². The largest absolute Gasteiger partial charge is 0.309 e. The molecule has 116 heavy (non-hydrogen) atoms. The molecule has 12 aromatic rings. The van der Waals surface area contributed by atoms with Gasteiger partial charge in [0.05, 0.1) is 68.3 Å². The topological polar surface area (TPSA) is 220 Å². The van der Waals surface area contributed by atoms with Crippen LogP contribution < -0.4 is 21.3 Å². The summed E-state index contributed by atoms with van der Waals surface area (Å²) in [6.07, 6.45) is 15.6. The van der Waals surface area contributed by atoms with Gasteiger partial charge in [-0.25, -0.2) is 57.4 Å². The van der Waals surface area contributed by atoms with Crippen molar-refractivity contribution in [3.63, 3.8) is 0 Å². The van der Waals surface area contributed by atoms with Gasteiger partial charge in [-0.2, -0.15) is 0 Å². The Morgan fingerprint density at radius 2 is 0.672 bits per heavy atom. The first-order valence-corrected chi connectivity index (χ1v) is 40.4. The molecule has 20 heteroatoms. The molecule has 16 nitrogen and oxygen atoms in total. The number of nitrogens with one attached hydrogen (secondary N) is 4. The van der Waals surface area contributed by atoms with Gasteiger partial charge < -0.3 is 21.3 Å². The highest BCUT2D eigenvalue weighted by Gasteiger charge is 2.30. The number of aromatic nitrogens is 8. The summed E-state index contributed by atoms with van der Waals surface area (Å²) < 4.78 is 54.7. The molecule has 1 atom stereocenters. The van der Waals surface area contributed by atoms with Gasteiger partial charge in [-0.1, -0.05) is 168 Å². The molecule has 1 fully saturated rings. The molecular weight excluding hydrogens is 1460 g/mol. The number of carbonyl (C=O) groups is 4. The summed E-state index contributed by atoms with van der Waals surface area (Å²) in [6, 6.07) is 59.3. The Morgan fingerprint density at radius 1 is 0.371 bits per heavy atom. The van der Waals surface area contributed by atoms with E-state index in [9.17, 15) is 36.7 Å². The smallest absolute Gasteiger partial charge is 0.228 e. The minimum Gasteiger partial charge on any atom is -0.309 e. The highest BCUT2D eigenvalue weighted by Crippen LogP contribution is 2.39. The number of rotatable bonds is 18. The fourth-order valence-corrected chi connectivity index (χ4v) is 15.6. The molecule has 4 heterocycles. The van der Waals surface area contributed by atoms with Gasteiger partial charge in [0.1, 0.15) is 23.3 Å². The zero-order chi connectivity index (χ0) is 80.8. The second-order valence-corrected chi connectivity index (χ2v) is 31.0. The Balaban J connectivity index is 0.000000128. The average molecular weight is 1560 g/mol. The van der Waals surface area contributed by atoms with Crippen LogP contribution in [-0.2, 0) is 96.2 Å². The number of anilines is 4. The maximum absolute atomic E-state index is 13.8. The van der Waals surface area contributed by atoms with E-state index < -0.39 is 0 Å². The highest BCUT2D eigenvalue weighted by atomic mass is 19.1. The highest BCUT2D eigenvalue weighted by molar-refractivity contribution is 5.93. The number of hydrogen-bond acceptors (Lipinski definition) is 12. The van der Waals surface area contributed by atoms with Gasteiger partial charge >= 0.3 is 0 Å². The predicted molar refractivity (Wildman–Crippen MR) is 447 cm³/mol. The first-order valence-electron chi connectivity index (χ1n) is 40.4. The second kappa shape index (κ2) is 37.3. The lowest BCUT2D eigenvalue weighted by Crippen LogP contribution is -2.23. The van der Waals surface area contributed by atoms with Gasteiger partial charge in [0, 0.05) is 73.6 Å². The van der Waals surface area contributed by atoms with E-state index in [0.29, 0.717) is 118 Å². The van der Waals surface area contributed by atoms with Crippen LogP contribution in [0.2, 0.25) is 0 Å². The van der Waals surface area contributed by atoms with Crippen molar-refractivity contribution < 1.29 is 36.7 Å². The van der Waals surface area contributed by atoms with Crippen LogP contribution in [0.25, 0.3) is 45.0 Å². The average Bonchev–Trinajstić information content (AvgIpc) is 0.787. The molecule has 0 radical (unpaired) electrons. The molecule has 590 valence electrons. The van der Waals surface area contributed by atoms with E-state index in [-0.39, 0.29) is 58.7 Å². The molecule has 4 amide bonds. The summed E-state index contributed by atoms with van der Waals surface area (Å²) >= 11 is 0. The van der Waals surface area contributed by atoms with Gasteiger partial charge in [0.2, 0.25) is 23.6 Å². The fraction of sp³-hybridized carbons (Fsp3) is 0.292. The molecule has 5 aliphatic rings. The van der Waals surface area contributed by atoms with Crippen molar-refractivity contribution in [2.24, 2.45) is 17.8 Å². The minimum atomic E-state index is -0.237. The summed E-state index contributed by atoms with van der Waals surface area (Å²) in [7, 11) is 0. The number of halogens is 4. The van der Waals surface area contributed by atoms with Crippen LogP contribution in [0.3, 0.4) is 0 Å². The van der Waals surface area contributed by atoms with Crippen LogP contribution in [0.1, 0.15) is 176 Å². The van der Waals surface area contributed by atoms with Crippen LogP contribution in [0, 0.1) is 41.0 Å². The van der Waals surface area contributed by atoms with Crippen LogP contribution in [0.5, 0.6) is 0 Å². The Bertz CT molecular complexity index is 5570. The van der Waals surface area contributed by atoms with E-state index in [4.69, 9.17) is 34.9 Å². The van der Waals surface area contributed by atoms with E-state index in [2.05, 4.69) is 38.4 Å². The van der Waals surface area contributed by atoms with Gasteiger partial charge in [0.15, 0.2) is 23.3 Å². The van der Waals surface area contributed by atoms with Crippen molar-refractivity contribution in [2.75, 3.05) is 21.3 Å². The molecule has 0 bridgehead atoms. The van der Waals surface area contributed by atoms with Crippen LogP contribution >= 0.6 is 0 Å². The van der Waals surface area contributed by atoms with Crippen LogP contribution in [0.4, 0.5) is 40.8 Å². The van der Waals surface area contributed by atoms with E-state index >= 15 is 0 Å². The molecule has 0 spiro atoms. The monoisotopic (exact) mass is 1550 g/mol. The zero-order valence-corrected chi connectivity index (χ0v) is 66.1. The minimum absolute atomic E-state index is 0.0266. The lowest BCUT2D eigenvalue weighted by atomic mass is 9.87. The predicted octanol–water partition coefficient (Wildman–Crippen LogP) is 19.7. The Kier molecular flexibility index (Phi) is 25.8. The number of fused-ring (bicyclic) bond motifs is 12. The number of amides is 4. The second-order valence-electron chi connectivity index (χ2n) is 31.0. The standard InChI is InChI=1S/C27H28FN3O.2C24H24FN3O.C21H18FN3O/c28-21-12-13-22-20(17-21)11-14-23-26(22)29-24(15-18-7-3-1-4-8-18)27(30-23)31-25(32)16-19-9-5-2-6-10-19;1-15(2)12-22(29)28-24-21(13-16-6-4-3-5-7-16)26-23-19-10-9-18(25)14-17(19)8-11-20(23)27-24;1-3-15(2)24(29)28-23-21(13-16-7-5-4-6-8-16)26-22-19-11-10-18(25)14-17(19)9-12-20(22)27-23;1-13(26)23-21-19(11-14-5-3-2-4-6-14)24-20-17-9-8-16(22)12-15(17)7-10-18(20)25-21/h1,3-4,7-8,12-13,17,19H,2,5-6,9-11,14-16H2,(H,30,31,32);3-7,9-10,14-15H,8,11-13H2,1-2H3,(H,27,28,29);4-8,10-11,14-15H,3,9,12-13H2,1-2H3,(H,27,28,29);2-6,8-9,12H,7,10-11H2,1H3,(H,23,25,26). The zero-order valence-electron chi connectivity index (χ0n) is 66.1. The molecule has 8 aromatic carbocycles. The number of nitrogens with zero attached hydrogens (tertiary/aromatic N) is 8. The number of hydrogen-bond donors (Lipinski definition) is 4. The Hall–Kier alpha value is -12.3. The lowest BCUT2D eigenvalue weighted by Gasteiger charge is -2.23. The van der Waals surface area contributed by atoms with Crippen molar-refractivity contribution in [2.45, 2.75) is 163 Å². The van der Waals surface area contributed by atoms with E-state index in [1.807, 2.05) is 137 Å². The van der Waals surface area contributed by atoms with Crippen LogP contribution in [-0.4, -0.2) is 63.5 Å². The Morgan fingerprint density at radius 3 is 0.974 bits per heavy atom. The molecule has 1 saturated carbocycles. The molecule has 5 aliphatic carbocycles. The van der Waals surface area contributed by atoms with Gasteiger partial charge in [-0.05, 0) is 200 Å². The number of aryl methyl sites for hydroxylation is 8. The third-order valence-corrected chi connectivity index (χ3v) is 21.7. The van der Waals surface area contributed by atoms with Crippen molar-refractivity contribution in [1.82, 2.24) is 39.9 Å². The van der Waals surface area contributed by atoms with Crippen molar-refractivity contribution in [1.29, 1.82) is 0 Å². The summed E-state index contributed by atoms with van der Waals surface area (Å²) in [4.78, 5) is 88.2. The maximum atomic E-state index is 13.8. The first-order chi connectivity index (χ1) is 56.3. The molecule has 4 N–H and O–H groups in total. The quantitative estimate of drug-likeness (QED) is 0.0590. The van der Waals surface area contributed by atoms with Crippen LogP contribution in [0.15, 0.2) is 194 Å². The third-order valence-electron chi connectivity index (χ3n) is 21.7. The number of benzene rings is 8. The van der Waals surface area contributed by atoms with Gasteiger partial charge in [-0.3, -0.25) is 19.2 Å². The third kappa shape index (κ3) is 20.2. The van der Waals surface area contributed by atoms with Gasteiger partial charge in [0.25, 0.3) is 0 Å². The lowest BCUT2D eigenvalue weighted by molar-refractivity contribution is -0.119. The fourth-order valence-electron chi connectivity index (χ4n) is 15.6. The first kappa shape index (κ1) is 80.3. The van der Waals surface area contributed by atoms with E-state index in [1.54, 1.807) is 48.5 Å². The molecule has 1 unspecified atom stereocenters. The summed E-state index contributed by atoms with van der Waals surface area (Å²) in [5, 5.41) is 11.9. The summed E-state index contributed by atoms with van der Waals surface area (Å²) in [5.41, 5.74) is 21.4. The summed E-state index contributed by atoms with van der Waals surface area (Å²) in [6.45, 7) is 9.39. The van der Waals surface area contributed by atoms with Gasteiger partial charge in [-0.15, -0.1) is 0 Å². The normalized spacial score (nSPS) is 13.5. The molecule has 4 aromatic heterocycles. The molecule has 0 saturated heterocycles. The van der Waals surface area contributed by atoms with E-state index in [0.717, 1.165) is 155 Å². The SMILES string of the molecule is CC(=O)Nc1nc2c(nc1Cc1ccccc1)-c1ccc(F)cc1CC2.CC(C)CC(=O)Nc1nc2c(nc1Cc1ccccc1)-c1ccc(F)cc1CC2.CCC(C)C(=O)Nc1nc2c(nc1Cc1ccccc1)-c1ccc(F)cc1CC2.O=C(CC1CCCCC1)Nc1nc2c(nc1Cc1ccccc1)-c1ccc(F)cc1CC2. The molecule has 17 rings (SSSR count). The Labute approximate surface area is 674 Å². The maximum Gasteiger partial charge on any atom is 0.228 e. The van der Waals surface area contributed by atoms with Crippen molar-refractivity contribution in [3.8, 4) is 45.0 Å². The van der Waals surface area contributed by atoms with E-state index in [1.165, 1.54) is 50.5 Å². The van der Waals surface area contributed by atoms with Crippen molar-refractivity contribution in [3.05, 3.63) is 307 Å².